The molecular weight excluding hydrogens is 244 g/mol. The van der Waals surface area contributed by atoms with E-state index in [4.69, 9.17) is 0 Å². The van der Waals surface area contributed by atoms with Crippen molar-refractivity contribution in [2.45, 2.75) is 6.92 Å². The van der Waals surface area contributed by atoms with E-state index < -0.39 is 0 Å². The number of aromatic nitrogens is 1. The van der Waals surface area contributed by atoms with E-state index in [1.807, 2.05) is 6.92 Å². The van der Waals surface area contributed by atoms with E-state index in [0.29, 0.717) is 12.1 Å². The highest BCUT2D eigenvalue weighted by Crippen LogP contribution is 2.06. The van der Waals surface area contributed by atoms with Gasteiger partial charge in [0, 0.05) is 30.8 Å². The number of alkyl halides is 1. The molecule has 1 aromatic rings. The number of amides is 1. The first-order valence-corrected chi connectivity index (χ1v) is 5.52. The number of aryl methyl sites for hydroxylation is 1. The van der Waals surface area contributed by atoms with Crippen LogP contribution in [0.2, 0.25) is 0 Å². The monoisotopic (exact) mass is 256 g/mol. The highest BCUT2D eigenvalue weighted by molar-refractivity contribution is 9.09. The number of rotatable bonds is 3. The predicted molar refractivity (Wildman–Crippen MR) is 59.7 cm³/mol. The van der Waals surface area contributed by atoms with Crippen LogP contribution in [0.15, 0.2) is 18.3 Å². The average Bonchev–Trinajstić information content (AvgIpc) is 2.18. The van der Waals surface area contributed by atoms with E-state index >= 15 is 0 Å². The second kappa shape index (κ2) is 5.10. The topological polar surface area (TPSA) is 33.2 Å². The van der Waals surface area contributed by atoms with Gasteiger partial charge in [-0.3, -0.25) is 9.78 Å². The summed E-state index contributed by atoms with van der Waals surface area (Å²) in [6.07, 6.45) is 1.69. The smallest absolute Gasteiger partial charge is 0.255 e. The molecule has 1 aromatic heterocycles. The summed E-state index contributed by atoms with van der Waals surface area (Å²) in [6.45, 7) is 2.54. The zero-order valence-corrected chi connectivity index (χ0v) is 9.91. The van der Waals surface area contributed by atoms with Crippen LogP contribution in [0.4, 0.5) is 0 Å². The molecule has 1 rings (SSSR count). The lowest BCUT2D eigenvalue weighted by molar-refractivity contribution is 0.0803. The summed E-state index contributed by atoms with van der Waals surface area (Å²) in [5, 5.41) is 0.786. The molecule has 1 amide bonds. The molecule has 0 unspecified atom stereocenters. The standard InChI is InChI=1S/C10H13BrN2O/c1-8-9(4-3-6-12-8)10(14)13(2)7-5-11/h3-4,6H,5,7H2,1-2H3. The molecule has 14 heavy (non-hydrogen) atoms. The molecule has 1 heterocycles. The van der Waals surface area contributed by atoms with Crippen LogP contribution in [-0.2, 0) is 0 Å². The van der Waals surface area contributed by atoms with Crippen LogP contribution in [0.5, 0.6) is 0 Å². The Morgan fingerprint density at radius 1 is 1.64 bits per heavy atom. The van der Waals surface area contributed by atoms with Crippen molar-refractivity contribution in [2.75, 3.05) is 18.9 Å². The highest BCUT2D eigenvalue weighted by Gasteiger charge is 2.13. The molecule has 3 nitrogen and oxygen atoms in total. The maximum atomic E-state index is 11.8. The Bertz CT molecular complexity index is 328. The van der Waals surface area contributed by atoms with Crippen molar-refractivity contribution in [3.8, 4) is 0 Å². The Hall–Kier alpha value is -0.900. The third kappa shape index (κ3) is 2.54. The maximum Gasteiger partial charge on any atom is 0.255 e. The molecule has 0 bridgehead atoms. The van der Waals surface area contributed by atoms with E-state index in [2.05, 4.69) is 20.9 Å². The summed E-state index contributed by atoms with van der Waals surface area (Å²) >= 11 is 3.30. The summed E-state index contributed by atoms with van der Waals surface area (Å²) in [4.78, 5) is 17.6. The molecule has 76 valence electrons. The van der Waals surface area contributed by atoms with Gasteiger partial charge in [-0.2, -0.15) is 0 Å². The largest absolute Gasteiger partial charge is 0.341 e. The van der Waals surface area contributed by atoms with E-state index in [-0.39, 0.29) is 5.91 Å². The number of hydrogen-bond donors (Lipinski definition) is 0. The van der Waals surface area contributed by atoms with Gasteiger partial charge in [-0.05, 0) is 19.1 Å². The molecule has 0 fully saturated rings. The molecule has 0 atom stereocenters. The zero-order valence-electron chi connectivity index (χ0n) is 8.33. The number of pyridine rings is 1. The van der Waals surface area contributed by atoms with Crippen LogP contribution in [-0.4, -0.2) is 34.7 Å². The molecule has 0 aliphatic heterocycles. The Labute approximate surface area is 92.3 Å². The second-order valence-electron chi connectivity index (χ2n) is 3.05. The lowest BCUT2D eigenvalue weighted by atomic mass is 10.2. The van der Waals surface area contributed by atoms with Crippen LogP contribution >= 0.6 is 15.9 Å². The van der Waals surface area contributed by atoms with Crippen LogP contribution in [0.1, 0.15) is 16.1 Å². The fourth-order valence-electron chi connectivity index (χ4n) is 1.14. The van der Waals surface area contributed by atoms with Crippen molar-refractivity contribution in [1.82, 2.24) is 9.88 Å². The van der Waals surface area contributed by atoms with Crippen LogP contribution in [0, 0.1) is 6.92 Å². The first kappa shape index (κ1) is 11.2. The Kier molecular flexibility index (Phi) is 4.07. The molecule has 4 heteroatoms. The first-order chi connectivity index (χ1) is 6.66. The fraction of sp³-hybridized carbons (Fsp3) is 0.400. The molecule has 0 radical (unpaired) electrons. The summed E-state index contributed by atoms with van der Waals surface area (Å²) in [7, 11) is 1.79. The SMILES string of the molecule is Cc1ncccc1C(=O)N(C)CCBr. The third-order valence-electron chi connectivity index (χ3n) is 2.00. The Morgan fingerprint density at radius 3 is 2.93 bits per heavy atom. The maximum absolute atomic E-state index is 11.8. The quantitative estimate of drug-likeness (QED) is 0.774. The van der Waals surface area contributed by atoms with Gasteiger partial charge in [-0.25, -0.2) is 0 Å². The highest BCUT2D eigenvalue weighted by atomic mass is 79.9. The molecule has 0 aliphatic carbocycles. The van der Waals surface area contributed by atoms with E-state index in [1.165, 1.54) is 0 Å². The average molecular weight is 257 g/mol. The minimum atomic E-state index is 0.0232. The van der Waals surface area contributed by atoms with E-state index in [9.17, 15) is 4.79 Å². The van der Waals surface area contributed by atoms with Crippen LogP contribution in [0.25, 0.3) is 0 Å². The molecule has 0 aliphatic rings. The number of carbonyl (C=O) groups excluding carboxylic acids is 1. The second-order valence-corrected chi connectivity index (χ2v) is 3.85. The molecular formula is C10H13BrN2O. The zero-order chi connectivity index (χ0) is 10.6. The van der Waals surface area contributed by atoms with Gasteiger partial charge in [-0.15, -0.1) is 0 Å². The molecule has 0 spiro atoms. The summed E-state index contributed by atoms with van der Waals surface area (Å²) < 4.78 is 0. The lowest BCUT2D eigenvalue weighted by Crippen LogP contribution is -2.29. The van der Waals surface area contributed by atoms with Crippen LogP contribution < -0.4 is 0 Å². The van der Waals surface area contributed by atoms with Gasteiger partial charge in [0.25, 0.3) is 5.91 Å². The third-order valence-corrected chi connectivity index (χ3v) is 2.36. The van der Waals surface area contributed by atoms with Gasteiger partial charge >= 0.3 is 0 Å². The van der Waals surface area contributed by atoms with Crippen molar-refractivity contribution in [2.24, 2.45) is 0 Å². The summed E-state index contributed by atoms with van der Waals surface area (Å²) in [5.41, 5.74) is 1.45. The van der Waals surface area contributed by atoms with Crippen molar-refractivity contribution in [1.29, 1.82) is 0 Å². The Morgan fingerprint density at radius 2 is 2.36 bits per heavy atom. The molecule has 0 aromatic carbocycles. The van der Waals surface area contributed by atoms with Crippen molar-refractivity contribution >= 4 is 21.8 Å². The van der Waals surface area contributed by atoms with Gasteiger partial charge in [0.2, 0.25) is 0 Å². The van der Waals surface area contributed by atoms with Gasteiger partial charge in [0.05, 0.1) is 5.56 Å². The lowest BCUT2D eigenvalue weighted by Gasteiger charge is -2.16. The van der Waals surface area contributed by atoms with Gasteiger partial charge in [-0.1, -0.05) is 15.9 Å². The number of hydrogen-bond acceptors (Lipinski definition) is 2. The van der Waals surface area contributed by atoms with E-state index in [0.717, 1.165) is 11.0 Å². The van der Waals surface area contributed by atoms with Gasteiger partial charge in [0.1, 0.15) is 0 Å². The predicted octanol–water partition coefficient (Wildman–Crippen LogP) is 1.86. The minimum Gasteiger partial charge on any atom is -0.341 e. The Balaban J connectivity index is 2.84. The minimum absolute atomic E-state index is 0.0232. The number of nitrogens with zero attached hydrogens (tertiary/aromatic N) is 2. The van der Waals surface area contributed by atoms with E-state index in [1.54, 1.807) is 30.3 Å². The number of carbonyl (C=O) groups is 1. The molecule has 0 N–H and O–H groups in total. The van der Waals surface area contributed by atoms with Crippen molar-refractivity contribution in [3.63, 3.8) is 0 Å². The van der Waals surface area contributed by atoms with Gasteiger partial charge < -0.3 is 4.90 Å². The first-order valence-electron chi connectivity index (χ1n) is 4.40. The normalized spacial score (nSPS) is 9.93. The van der Waals surface area contributed by atoms with Crippen molar-refractivity contribution < 1.29 is 4.79 Å². The van der Waals surface area contributed by atoms with Gasteiger partial charge in [0.15, 0.2) is 0 Å². The number of halogens is 1. The molecule has 0 saturated carbocycles. The summed E-state index contributed by atoms with van der Waals surface area (Å²) in [6, 6.07) is 3.58. The summed E-state index contributed by atoms with van der Waals surface area (Å²) in [5.74, 6) is 0.0232. The fourth-order valence-corrected chi connectivity index (χ4v) is 1.68. The molecule has 0 saturated heterocycles. The van der Waals surface area contributed by atoms with Crippen LogP contribution in [0.3, 0.4) is 0 Å². The van der Waals surface area contributed by atoms with Crippen molar-refractivity contribution in [3.05, 3.63) is 29.6 Å².